The quantitative estimate of drug-likeness (QED) is 0.321. The van der Waals surface area contributed by atoms with E-state index in [1.165, 1.54) is 28.8 Å². The maximum atomic E-state index is 13.4. The summed E-state index contributed by atoms with van der Waals surface area (Å²) in [5.74, 6) is -0.535. The minimum Gasteiger partial charge on any atom is -0.398 e. The molecule has 1 heterocycles. The Hall–Kier alpha value is -2.84. The maximum absolute atomic E-state index is 13.4. The molecule has 30 heavy (non-hydrogen) atoms. The van der Waals surface area contributed by atoms with Crippen LogP contribution in [-0.4, -0.2) is 46.6 Å². The van der Waals surface area contributed by atoms with Crippen molar-refractivity contribution in [3.63, 3.8) is 0 Å². The first-order valence-corrected chi connectivity index (χ1v) is 10.5. The Morgan fingerprint density at radius 1 is 1.30 bits per heavy atom. The number of aryl methyl sites for hydroxylation is 1. The Morgan fingerprint density at radius 2 is 2.00 bits per heavy atom. The van der Waals surface area contributed by atoms with Crippen molar-refractivity contribution in [3.05, 3.63) is 70.7 Å². The second-order valence-electron chi connectivity index (χ2n) is 7.25. The summed E-state index contributed by atoms with van der Waals surface area (Å²) in [5.41, 5.74) is 15.3. The number of carbonyl (C=O) groups excluding carboxylic acids is 1. The number of aliphatic hydroxyl groups excluding tert-OH is 1. The van der Waals surface area contributed by atoms with Gasteiger partial charge in [-0.05, 0) is 36.6 Å². The lowest BCUT2D eigenvalue weighted by atomic mass is 10.1. The molecule has 0 unspecified atom stereocenters. The summed E-state index contributed by atoms with van der Waals surface area (Å²) in [5, 5.41) is 18.2. The number of nitrogen functional groups attached to an aromatic ring is 1. The number of benzene rings is 2. The number of β-amino-alcohol motifs (C(OH)–C–C–N with tert-alkyl or cyclic N) is 1. The number of anilines is 1. The molecule has 0 saturated carbocycles. The van der Waals surface area contributed by atoms with Crippen molar-refractivity contribution in [2.24, 2.45) is 5.73 Å². The highest BCUT2D eigenvalue weighted by molar-refractivity contribution is 8.09. The molecular formula is C22H25FN4O2S. The van der Waals surface area contributed by atoms with E-state index in [4.69, 9.17) is 16.9 Å². The van der Waals surface area contributed by atoms with Crippen LogP contribution in [0.25, 0.3) is 4.91 Å². The van der Waals surface area contributed by atoms with Crippen LogP contribution in [-0.2, 0) is 4.79 Å². The predicted molar refractivity (Wildman–Crippen MR) is 120 cm³/mol. The van der Waals surface area contributed by atoms with Crippen molar-refractivity contribution < 1.29 is 14.3 Å². The Balaban J connectivity index is 1.88. The monoisotopic (exact) mass is 428 g/mol. The zero-order valence-electron chi connectivity index (χ0n) is 16.7. The predicted octanol–water partition coefficient (Wildman–Crippen LogP) is 2.74. The molecule has 2 aromatic carbocycles. The molecule has 1 fully saturated rings. The van der Waals surface area contributed by atoms with Gasteiger partial charge in [0.1, 0.15) is 11.5 Å². The number of hydrogen-bond donors (Lipinski definition) is 4. The Morgan fingerprint density at radius 3 is 2.63 bits per heavy atom. The van der Waals surface area contributed by atoms with Gasteiger partial charge in [-0.25, -0.2) is 4.39 Å². The molecule has 0 aromatic heterocycles. The molecule has 2 aromatic rings. The molecule has 1 atom stereocenters. The third kappa shape index (κ3) is 4.83. The van der Waals surface area contributed by atoms with Crippen molar-refractivity contribution in [1.82, 2.24) is 4.90 Å². The summed E-state index contributed by atoms with van der Waals surface area (Å²) in [4.78, 5) is 14.8. The molecule has 158 valence electrons. The summed E-state index contributed by atoms with van der Waals surface area (Å²) in [6.07, 6.45) is -0.0452. The minimum absolute atomic E-state index is 0.0192. The highest BCUT2D eigenvalue weighted by atomic mass is 32.2. The van der Waals surface area contributed by atoms with E-state index in [9.17, 15) is 14.3 Å². The molecule has 6 nitrogen and oxygen atoms in total. The number of nitrogens with zero attached hydrogens (tertiary/aromatic N) is 1. The topological polar surface area (TPSA) is 116 Å². The number of aliphatic hydroxyl groups is 1. The molecule has 0 spiro atoms. The fourth-order valence-electron chi connectivity index (χ4n) is 3.28. The minimum atomic E-state index is -0.554. The van der Waals surface area contributed by atoms with Gasteiger partial charge in [0.05, 0.1) is 11.8 Å². The highest BCUT2D eigenvalue weighted by Gasteiger charge is 2.27. The molecule has 6 N–H and O–H groups in total. The van der Waals surface area contributed by atoms with Crippen LogP contribution in [0.15, 0.2) is 48.2 Å². The molecule has 1 aliphatic rings. The molecule has 0 radical (unpaired) electrons. The van der Waals surface area contributed by atoms with Gasteiger partial charge in [-0.15, -0.1) is 11.8 Å². The van der Waals surface area contributed by atoms with Gasteiger partial charge in [0.2, 0.25) is 0 Å². The zero-order valence-corrected chi connectivity index (χ0v) is 17.5. The van der Waals surface area contributed by atoms with Crippen molar-refractivity contribution in [3.8, 4) is 0 Å². The number of hydrogen-bond acceptors (Lipinski definition) is 6. The van der Waals surface area contributed by atoms with Crippen molar-refractivity contribution in [2.75, 3.05) is 24.6 Å². The summed E-state index contributed by atoms with van der Waals surface area (Å²) < 4.78 is 13.4. The first-order valence-electron chi connectivity index (χ1n) is 9.56. The standard InChI is InChI=1S/C22H25FN4O2S/c1-13-3-2-4-17(19(13)25)18(24)12-30-21(14-5-7-15(23)8-6-14)20(26)22(29)27-10-9-16(28)11-27/h2-8,16,24,28H,9-12,25-26H2,1H3/b21-20-,24-18?/t16-/m1/s1. The Labute approximate surface area is 179 Å². The number of para-hydroxylation sites is 1. The summed E-state index contributed by atoms with van der Waals surface area (Å²) in [6, 6.07) is 11.2. The van der Waals surface area contributed by atoms with Crippen LogP contribution in [0.2, 0.25) is 0 Å². The smallest absolute Gasteiger partial charge is 0.270 e. The largest absolute Gasteiger partial charge is 0.398 e. The van der Waals surface area contributed by atoms with E-state index in [1.807, 2.05) is 19.1 Å². The lowest BCUT2D eigenvalue weighted by Crippen LogP contribution is -2.33. The van der Waals surface area contributed by atoms with Gasteiger partial charge in [-0.1, -0.05) is 30.3 Å². The number of thioether (sulfide) groups is 1. The SMILES string of the molecule is Cc1cccc(C(=N)CS/C(=C(\N)C(=O)N2CC[C@@H](O)C2)c2ccc(F)cc2)c1N. The van der Waals surface area contributed by atoms with Gasteiger partial charge >= 0.3 is 0 Å². The molecule has 0 bridgehead atoms. The number of halogens is 1. The van der Waals surface area contributed by atoms with Crippen LogP contribution >= 0.6 is 11.8 Å². The first-order chi connectivity index (χ1) is 14.3. The number of rotatable bonds is 6. The van der Waals surface area contributed by atoms with Gasteiger partial charge in [0.25, 0.3) is 5.91 Å². The number of nitrogens with two attached hydrogens (primary N) is 2. The van der Waals surface area contributed by atoms with Crippen molar-refractivity contribution >= 4 is 34.0 Å². The zero-order chi connectivity index (χ0) is 21.8. The van der Waals surface area contributed by atoms with E-state index in [0.717, 1.165) is 5.56 Å². The summed E-state index contributed by atoms with van der Waals surface area (Å²) in [6.45, 7) is 2.54. The second kappa shape index (κ2) is 9.32. The second-order valence-corrected chi connectivity index (χ2v) is 8.23. The van der Waals surface area contributed by atoms with Crippen molar-refractivity contribution in [1.29, 1.82) is 5.41 Å². The van der Waals surface area contributed by atoms with Crippen LogP contribution in [0.3, 0.4) is 0 Å². The van der Waals surface area contributed by atoms with Gasteiger partial charge in [-0.3, -0.25) is 4.79 Å². The van der Waals surface area contributed by atoms with E-state index in [1.54, 1.807) is 18.2 Å². The van der Waals surface area contributed by atoms with E-state index >= 15 is 0 Å². The van der Waals surface area contributed by atoms with Crippen LogP contribution < -0.4 is 11.5 Å². The summed E-state index contributed by atoms with van der Waals surface area (Å²) in [7, 11) is 0. The lowest BCUT2D eigenvalue weighted by molar-refractivity contribution is -0.126. The summed E-state index contributed by atoms with van der Waals surface area (Å²) >= 11 is 1.24. The average Bonchev–Trinajstić information content (AvgIpc) is 3.16. The van der Waals surface area contributed by atoms with E-state index in [0.29, 0.717) is 40.4 Å². The van der Waals surface area contributed by atoms with Gasteiger partial charge in [-0.2, -0.15) is 0 Å². The van der Waals surface area contributed by atoms with E-state index in [2.05, 4.69) is 0 Å². The van der Waals surface area contributed by atoms with Crippen LogP contribution in [0.4, 0.5) is 10.1 Å². The number of carbonyl (C=O) groups is 1. The third-order valence-corrected chi connectivity index (χ3v) is 6.22. The molecule has 3 rings (SSSR count). The Bertz CT molecular complexity index is 991. The highest BCUT2D eigenvalue weighted by Crippen LogP contribution is 2.32. The third-order valence-electron chi connectivity index (χ3n) is 5.04. The molecule has 1 amide bonds. The Kier molecular flexibility index (Phi) is 6.79. The van der Waals surface area contributed by atoms with Gasteiger partial charge in [0, 0.05) is 35.0 Å². The average molecular weight is 429 g/mol. The first kappa shape index (κ1) is 21.9. The maximum Gasteiger partial charge on any atom is 0.270 e. The van der Waals surface area contributed by atoms with Gasteiger partial charge in [0.15, 0.2) is 0 Å². The number of amides is 1. The molecule has 1 saturated heterocycles. The number of likely N-dealkylation sites (tertiary alicyclic amines) is 1. The molecular weight excluding hydrogens is 403 g/mol. The van der Waals surface area contributed by atoms with Crippen LogP contribution in [0.1, 0.15) is 23.1 Å². The van der Waals surface area contributed by atoms with Crippen LogP contribution in [0, 0.1) is 18.2 Å². The van der Waals surface area contributed by atoms with E-state index in [-0.39, 0.29) is 23.9 Å². The normalized spacial score (nSPS) is 17.0. The molecule has 1 aliphatic heterocycles. The molecule has 8 heteroatoms. The lowest BCUT2D eigenvalue weighted by Gasteiger charge is -2.19. The van der Waals surface area contributed by atoms with E-state index < -0.39 is 11.9 Å². The fourth-order valence-corrected chi connectivity index (χ4v) is 4.27. The van der Waals surface area contributed by atoms with Crippen LogP contribution in [0.5, 0.6) is 0 Å². The van der Waals surface area contributed by atoms with Gasteiger partial charge < -0.3 is 26.9 Å². The van der Waals surface area contributed by atoms with Crippen molar-refractivity contribution in [2.45, 2.75) is 19.4 Å². The fraction of sp³-hybridized carbons (Fsp3) is 0.273. The molecule has 0 aliphatic carbocycles. The number of nitrogens with one attached hydrogen (secondary N) is 1.